The van der Waals surface area contributed by atoms with Crippen molar-refractivity contribution in [2.45, 2.75) is 38.6 Å². The Bertz CT molecular complexity index is 390. The fraction of sp³-hybridized carbons (Fsp3) is 0.647. The van der Waals surface area contributed by atoms with E-state index in [1.54, 1.807) is 0 Å². The maximum absolute atomic E-state index is 5.75. The van der Waals surface area contributed by atoms with Crippen LogP contribution in [-0.2, 0) is 0 Å². The third-order valence-electron chi connectivity index (χ3n) is 4.06. The van der Waals surface area contributed by atoms with E-state index in [0.29, 0.717) is 6.04 Å². The number of thioether (sulfide) groups is 1. The van der Waals surface area contributed by atoms with E-state index >= 15 is 0 Å². The van der Waals surface area contributed by atoms with Gasteiger partial charge in [0.05, 0.1) is 6.61 Å². The molecule has 0 amide bonds. The van der Waals surface area contributed by atoms with Gasteiger partial charge in [-0.3, -0.25) is 0 Å². The second-order valence-corrected chi connectivity index (χ2v) is 6.57. The summed E-state index contributed by atoms with van der Waals surface area (Å²) in [6.45, 7) is 2.77. The zero-order valence-corrected chi connectivity index (χ0v) is 13.5. The van der Waals surface area contributed by atoms with Gasteiger partial charge in [0.2, 0.25) is 0 Å². The van der Waals surface area contributed by atoms with Gasteiger partial charge in [-0.2, -0.15) is 11.8 Å². The molecule has 1 aromatic rings. The highest BCUT2D eigenvalue weighted by Crippen LogP contribution is 2.31. The fourth-order valence-electron chi connectivity index (χ4n) is 2.91. The van der Waals surface area contributed by atoms with Crippen molar-refractivity contribution in [3.63, 3.8) is 0 Å². The van der Waals surface area contributed by atoms with Crippen LogP contribution in [0.25, 0.3) is 0 Å². The van der Waals surface area contributed by atoms with Gasteiger partial charge in [-0.15, -0.1) is 0 Å². The van der Waals surface area contributed by atoms with Crippen LogP contribution in [0.3, 0.4) is 0 Å². The summed E-state index contributed by atoms with van der Waals surface area (Å²) in [5.41, 5.74) is 1.29. The van der Waals surface area contributed by atoms with Crippen molar-refractivity contribution in [3.8, 4) is 5.75 Å². The molecular formula is C17H27NOS. The Kier molecular flexibility index (Phi) is 6.74. The summed E-state index contributed by atoms with van der Waals surface area (Å²) in [7, 11) is 2.05. The van der Waals surface area contributed by atoms with E-state index in [1.807, 2.05) is 20.0 Å². The molecule has 20 heavy (non-hydrogen) atoms. The Morgan fingerprint density at radius 1 is 1.30 bits per heavy atom. The first kappa shape index (κ1) is 15.7. The zero-order chi connectivity index (χ0) is 14.2. The molecule has 1 saturated carbocycles. The maximum atomic E-state index is 5.75. The lowest BCUT2D eigenvalue weighted by Gasteiger charge is -2.20. The lowest BCUT2D eigenvalue weighted by Crippen LogP contribution is -2.20. The van der Waals surface area contributed by atoms with Gasteiger partial charge in [0.25, 0.3) is 0 Å². The van der Waals surface area contributed by atoms with E-state index < -0.39 is 0 Å². The number of para-hydroxylation sites is 1. The van der Waals surface area contributed by atoms with Crippen LogP contribution >= 0.6 is 11.8 Å². The Morgan fingerprint density at radius 2 is 2.05 bits per heavy atom. The van der Waals surface area contributed by atoms with Crippen LogP contribution in [0, 0.1) is 5.92 Å². The summed E-state index contributed by atoms with van der Waals surface area (Å²) >= 11 is 2.09. The average molecular weight is 293 g/mol. The standard InChI is InChI=1S/C17H27NOS/c1-3-19-17-11-7-6-10-15(17)16(18-2)13-20-12-14-8-4-5-9-14/h6-7,10-11,14,16,18H,3-5,8-9,12-13H2,1-2H3. The molecule has 1 atom stereocenters. The molecule has 3 heteroatoms. The fourth-order valence-corrected chi connectivity index (χ4v) is 4.30. The predicted octanol–water partition coefficient (Wildman–Crippen LogP) is 4.27. The van der Waals surface area contributed by atoms with E-state index in [4.69, 9.17) is 4.74 Å². The summed E-state index contributed by atoms with van der Waals surface area (Å²) in [6.07, 6.45) is 5.75. The first-order chi connectivity index (χ1) is 9.85. The number of benzene rings is 1. The molecule has 0 spiro atoms. The van der Waals surface area contributed by atoms with Crippen molar-refractivity contribution < 1.29 is 4.74 Å². The van der Waals surface area contributed by atoms with Gasteiger partial charge in [-0.05, 0) is 44.6 Å². The molecule has 1 aromatic carbocycles. The zero-order valence-electron chi connectivity index (χ0n) is 12.7. The van der Waals surface area contributed by atoms with Crippen LogP contribution in [-0.4, -0.2) is 25.2 Å². The van der Waals surface area contributed by atoms with Gasteiger partial charge in [0.15, 0.2) is 0 Å². The topological polar surface area (TPSA) is 21.3 Å². The molecule has 1 fully saturated rings. The maximum Gasteiger partial charge on any atom is 0.124 e. The van der Waals surface area contributed by atoms with Crippen molar-refractivity contribution in [3.05, 3.63) is 29.8 Å². The Labute approximate surface area is 127 Å². The monoisotopic (exact) mass is 293 g/mol. The second kappa shape index (κ2) is 8.58. The molecule has 2 rings (SSSR count). The molecule has 2 nitrogen and oxygen atoms in total. The molecule has 1 aliphatic carbocycles. The third-order valence-corrected chi connectivity index (χ3v) is 5.33. The van der Waals surface area contributed by atoms with E-state index in [-0.39, 0.29) is 0 Å². The van der Waals surface area contributed by atoms with E-state index in [1.165, 1.54) is 37.0 Å². The minimum absolute atomic E-state index is 0.379. The lowest BCUT2D eigenvalue weighted by atomic mass is 10.1. The van der Waals surface area contributed by atoms with Crippen molar-refractivity contribution in [2.75, 3.05) is 25.2 Å². The second-order valence-electron chi connectivity index (χ2n) is 5.50. The van der Waals surface area contributed by atoms with E-state index in [0.717, 1.165) is 24.0 Å². The molecule has 0 heterocycles. The van der Waals surface area contributed by atoms with E-state index in [2.05, 4.69) is 35.3 Å². The summed E-state index contributed by atoms with van der Waals surface area (Å²) < 4.78 is 5.75. The first-order valence-corrected chi connectivity index (χ1v) is 8.97. The number of rotatable bonds is 8. The Morgan fingerprint density at radius 3 is 2.75 bits per heavy atom. The van der Waals surface area contributed by atoms with E-state index in [9.17, 15) is 0 Å². The quantitative estimate of drug-likeness (QED) is 0.773. The molecule has 1 aliphatic rings. The largest absolute Gasteiger partial charge is 0.494 e. The van der Waals surface area contributed by atoms with Crippen LogP contribution in [0.15, 0.2) is 24.3 Å². The van der Waals surface area contributed by atoms with Gasteiger partial charge < -0.3 is 10.1 Å². The number of hydrogen-bond donors (Lipinski definition) is 1. The smallest absolute Gasteiger partial charge is 0.124 e. The molecule has 0 radical (unpaired) electrons. The van der Waals surface area contributed by atoms with Gasteiger partial charge in [-0.25, -0.2) is 0 Å². The summed E-state index contributed by atoms with van der Waals surface area (Å²) in [4.78, 5) is 0. The molecule has 0 bridgehead atoms. The van der Waals surface area contributed by atoms with Crippen LogP contribution in [0.2, 0.25) is 0 Å². The van der Waals surface area contributed by atoms with Gasteiger partial charge in [0.1, 0.15) is 5.75 Å². The molecule has 1 N–H and O–H groups in total. The summed E-state index contributed by atoms with van der Waals surface area (Å²) in [5, 5.41) is 3.44. The summed E-state index contributed by atoms with van der Waals surface area (Å²) in [6, 6.07) is 8.79. The molecule has 0 saturated heterocycles. The van der Waals surface area contributed by atoms with Gasteiger partial charge in [0, 0.05) is 17.4 Å². The Balaban J connectivity index is 1.89. The first-order valence-electron chi connectivity index (χ1n) is 7.81. The number of ether oxygens (including phenoxy) is 1. The minimum Gasteiger partial charge on any atom is -0.494 e. The Hall–Kier alpha value is -0.670. The highest BCUT2D eigenvalue weighted by atomic mass is 32.2. The number of nitrogens with one attached hydrogen (secondary N) is 1. The molecule has 112 valence electrons. The molecular weight excluding hydrogens is 266 g/mol. The average Bonchev–Trinajstić information content (AvgIpc) is 2.98. The lowest BCUT2D eigenvalue weighted by molar-refractivity contribution is 0.333. The van der Waals surface area contributed by atoms with Crippen LogP contribution in [0.5, 0.6) is 5.75 Å². The van der Waals surface area contributed by atoms with Crippen molar-refractivity contribution in [1.82, 2.24) is 5.32 Å². The van der Waals surface area contributed by atoms with Crippen molar-refractivity contribution in [2.24, 2.45) is 5.92 Å². The van der Waals surface area contributed by atoms with Crippen molar-refractivity contribution in [1.29, 1.82) is 0 Å². The molecule has 0 aliphatic heterocycles. The minimum atomic E-state index is 0.379. The summed E-state index contributed by atoms with van der Waals surface area (Å²) in [5.74, 6) is 4.42. The highest BCUT2D eigenvalue weighted by molar-refractivity contribution is 7.99. The highest BCUT2D eigenvalue weighted by Gasteiger charge is 2.18. The predicted molar refractivity (Wildman–Crippen MR) is 88.7 cm³/mol. The molecule has 1 unspecified atom stereocenters. The number of hydrogen-bond acceptors (Lipinski definition) is 3. The molecule has 0 aromatic heterocycles. The van der Waals surface area contributed by atoms with Crippen LogP contribution in [0.1, 0.15) is 44.2 Å². The van der Waals surface area contributed by atoms with Crippen LogP contribution in [0.4, 0.5) is 0 Å². The van der Waals surface area contributed by atoms with Crippen LogP contribution < -0.4 is 10.1 Å². The van der Waals surface area contributed by atoms with Crippen molar-refractivity contribution >= 4 is 11.8 Å². The third kappa shape index (κ3) is 4.42. The normalized spacial score (nSPS) is 17.3. The van der Waals surface area contributed by atoms with Gasteiger partial charge >= 0.3 is 0 Å². The van der Waals surface area contributed by atoms with Gasteiger partial charge in [-0.1, -0.05) is 31.0 Å². The SMILES string of the molecule is CCOc1ccccc1C(CSCC1CCCC1)NC.